The van der Waals surface area contributed by atoms with Crippen LogP contribution in [0.2, 0.25) is 0 Å². The van der Waals surface area contributed by atoms with Gasteiger partial charge in [0, 0.05) is 50.0 Å². The molecule has 0 bridgehead atoms. The summed E-state index contributed by atoms with van der Waals surface area (Å²) in [5, 5.41) is 3.08. The largest absolute Gasteiger partial charge is 0.369 e. The normalized spacial score (nSPS) is 21.1. The first-order chi connectivity index (χ1) is 10.3. The van der Waals surface area contributed by atoms with Crippen LogP contribution in [0.3, 0.4) is 0 Å². The predicted molar refractivity (Wildman–Crippen MR) is 85.2 cm³/mol. The number of hydrogen-bond donors (Lipinski definition) is 1. The van der Waals surface area contributed by atoms with Gasteiger partial charge in [0.2, 0.25) is 0 Å². The molecule has 3 rings (SSSR count). The van der Waals surface area contributed by atoms with E-state index in [1.54, 1.807) is 6.07 Å². The van der Waals surface area contributed by atoms with Crippen LogP contribution < -0.4 is 10.2 Å². The van der Waals surface area contributed by atoms with Gasteiger partial charge < -0.3 is 10.2 Å². The highest BCUT2D eigenvalue weighted by atomic mass is 19.1. The maximum atomic E-state index is 14.0. The number of anilines is 1. The van der Waals surface area contributed by atoms with E-state index in [1.807, 2.05) is 13.1 Å². The quantitative estimate of drug-likeness (QED) is 0.920. The van der Waals surface area contributed by atoms with Crippen molar-refractivity contribution in [3.05, 3.63) is 29.6 Å². The Morgan fingerprint density at radius 1 is 1.14 bits per heavy atom. The highest BCUT2D eigenvalue weighted by Gasteiger charge is 2.27. The van der Waals surface area contributed by atoms with Crippen molar-refractivity contribution in [2.75, 3.05) is 38.1 Å². The Labute approximate surface area is 127 Å². The van der Waals surface area contributed by atoms with E-state index in [-0.39, 0.29) is 5.82 Å². The first kappa shape index (κ1) is 14.8. The van der Waals surface area contributed by atoms with Crippen LogP contribution in [0.4, 0.5) is 10.1 Å². The number of nitrogens with one attached hydrogen (secondary N) is 1. The van der Waals surface area contributed by atoms with Crippen LogP contribution in [0.5, 0.6) is 0 Å². The Morgan fingerprint density at radius 3 is 2.52 bits per heavy atom. The van der Waals surface area contributed by atoms with E-state index in [9.17, 15) is 4.39 Å². The Kier molecular flexibility index (Phi) is 4.76. The van der Waals surface area contributed by atoms with Crippen molar-refractivity contribution in [2.45, 2.75) is 38.3 Å². The number of halogens is 1. The van der Waals surface area contributed by atoms with Gasteiger partial charge in [-0.3, -0.25) is 4.90 Å². The Balaban J connectivity index is 1.67. The number of benzene rings is 1. The summed E-state index contributed by atoms with van der Waals surface area (Å²) in [6.45, 7) is 4.83. The Hall–Kier alpha value is -1.13. The molecule has 21 heavy (non-hydrogen) atoms. The fourth-order valence-electron chi connectivity index (χ4n) is 3.79. The topological polar surface area (TPSA) is 18.5 Å². The lowest BCUT2D eigenvalue weighted by atomic mass is 10.1. The molecule has 1 N–H and O–H groups in total. The first-order valence-electron chi connectivity index (χ1n) is 8.20. The van der Waals surface area contributed by atoms with E-state index in [0.29, 0.717) is 6.54 Å². The van der Waals surface area contributed by atoms with E-state index >= 15 is 0 Å². The monoisotopic (exact) mass is 291 g/mol. The van der Waals surface area contributed by atoms with Gasteiger partial charge in [-0.15, -0.1) is 0 Å². The summed E-state index contributed by atoms with van der Waals surface area (Å²) in [7, 11) is 1.87. The second-order valence-electron chi connectivity index (χ2n) is 6.23. The summed E-state index contributed by atoms with van der Waals surface area (Å²) in [5.41, 5.74) is 1.87. The molecule has 0 amide bonds. The number of nitrogens with zero attached hydrogens (tertiary/aromatic N) is 2. The zero-order chi connectivity index (χ0) is 14.7. The summed E-state index contributed by atoms with van der Waals surface area (Å²) in [6, 6.07) is 6.25. The summed E-state index contributed by atoms with van der Waals surface area (Å²) in [6.07, 6.45) is 5.51. The molecule has 2 fully saturated rings. The fourth-order valence-corrected chi connectivity index (χ4v) is 3.79. The molecule has 3 nitrogen and oxygen atoms in total. The summed E-state index contributed by atoms with van der Waals surface area (Å²) < 4.78 is 14.0. The van der Waals surface area contributed by atoms with Crippen molar-refractivity contribution < 1.29 is 4.39 Å². The highest BCUT2D eigenvalue weighted by molar-refractivity contribution is 5.54. The second-order valence-corrected chi connectivity index (χ2v) is 6.23. The Morgan fingerprint density at radius 2 is 1.86 bits per heavy atom. The highest BCUT2D eigenvalue weighted by Crippen LogP contribution is 2.28. The third-order valence-corrected chi connectivity index (χ3v) is 4.94. The van der Waals surface area contributed by atoms with Crippen molar-refractivity contribution in [3.63, 3.8) is 0 Å². The van der Waals surface area contributed by atoms with E-state index in [4.69, 9.17) is 0 Å². The van der Waals surface area contributed by atoms with Gasteiger partial charge in [0.05, 0.1) is 0 Å². The molecule has 0 spiro atoms. The third kappa shape index (κ3) is 3.22. The molecule has 1 aliphatic carbocycles. The zero-order valence-electron chi connectivity index (χ0n) is 12.9. The van der Waals surface area contributed by atoms with Crippen LogP contribution in [0.25, 0.3) is 0 Å². The molecule has 0 atom stereocenters. The Bertz CT molecular complexity index is 463. The van der Waals surface area contributed by atoms with Crippen LogP contribution in [-0.2, 0) is 6.54 Å². The van der Waals surface area contributed by atoms with Crippen molar-refractivity contribution in [1.29, 1.82) is 0 Å². The molecule has 0 radical (unpaired) electrons. The average Bonchev–Trinajstić information content (AvgIpc) is 3.04. The number of piperazine rings is 1. The maximum Gasteiger partial charge on any atom is 0.129 e. The van der Waals surface area contributed by atoms with E-state index in [2.05, 4.69) is 21.2 Å². The minimum atomic E-state index is -0.0972. The summed E-state index contributed by atoms with van der Waals surface area (Å²) in [4.78, 5) is 4.99. The molecular formula is C17H26FN3. The van der Waals surface area contributed by atoms with E-state index in [1.165, 1.54) is 25.7 Å². The fraction of sp³-hybridized carbons (Fsp3) is 0.647. The van der Waals surface area contributed by atoms with Crippen LogP contribution in [-0.4, -0.2) is 44.2 Å². The SMILES string of the molecule is CNCc1c(F)cccc1N1CCN(C2CCCC2)CC1. The van der Waals surface area contributed by atoms with Gasteiger partial charge in [-0.25, -0.2) is 4.39 Å². The van der Waals surface area contributed by atoms with Gasteiger partial charge in [0.25, 0.3) is 0 Å². The molecule has 2 aliphatic rings. The van der Waals surface area contributed by atoms with Gasteiger partial charge in [-0.2, -0.15) is 0 Å². The van der Waals surface area contributed by atoms with Gasteiger partial charge in [-0.05, 0) is 32.0 Å². The standard InChI is InChI=1S/C17H26FN3/c1-19-13-15-16(18)7-4-8-17(15)21-11-9-20(10-12-21)14-5-2-3-6-14/h4,7-8,14,19H,2-3,5-6,9-13H2,1H3. The van der Waals surface area contributed by atoms with Crippen LogP contribution in [0.15, 0.2) is 18.2 Å². The molecule has 1 aromatic carbocycles. The molecule has 116 valence electrons. The van der Waals surface area contributed by atoms with Crippen LogP contribution >= 0.6 is 0 Å². The number of rotatable bonds is 4. The van der Waals surface area contributed by atoms with E-state index < -0.39 is 0 Å². The molecule has 1 heterocycles. The van der Waals surface area contributed by atoms with Gasteiger partial charge >= 0.3 is 0 Å². The summed E-state index contributed by atoms with van der Waals surface area (Å²) in [5.74, 6) is -0.0972. The molecule has 0 aromatic heterocycles. The molecular weight excluding hydrogens is 265 g/mol. The van der Waals surface area contributed by atoms with Crippen LogP contribution in [0.1, 0.15) is 31.2 Å². The molecule has 4 heteroatoms. The van der Waals surface area contributed by atoms with Crippen molar-refractivity contribution >= 4 is 5.69 Å². The lowest BCUT2D eigenvalue weighted by molar-refractivity contribution is 0.187. The average molecular weight is 291 g/mol. The van der Waals surface area contributed by atoms with Crippen LogP contribution in [0, 0.1) is 5.82 Å². The van der Waals surface area contributed by atoms with Crippen molar-refractivity contribution in [1.82, 2.24) is 10.2 Å². The van der Waals surface area contributed by atoms with Gasteiger partial charge in [-0.1, -0.05) is 18.9 Å². The van der Waals surface area contributed by atoms with Crippen molar-refractivity contribution in [2.24, 2.45) is 0 Å². The van der Waals surface area contributed by atoms with Gasteiger partial charge in [0.15, 0.2) is 0 Å². The molecule has 1 saturated heterocycles. The summed E-state index contributed by atoms with van der Waals surface area (Å²) >= 11 is 0. The minimum absolute atomic E-state index is 0.0972. The third-order valence-electron chi connectivity index (χ3n) is 4.94. The predicted octanol–water partition coefficient (Wildman–Crippen LogP) is 2.61. The minimum Gasteiger partial charge on any atom is -0.369 e. The first-order valence-corrected chi connectivity index (χ1v) is 8.20. The van der Waals surface area contributed by atoms with Gasteiger partial charge in [0.1, 0.15) is 5.82 Å². The second kappa shape index (κ2) is 6.75. The van der Waals surface area contributed by atoms with E-state index in [0.717, 1.165) is 43.5 Å². The molecule has 0 unspecified atom stereocenters. The lowest BCUT2D eigenvalue weighted by Crippen LogP contribution is -2.50. The molecule has 1 aromatic rings. The van der Waals surface area contributed by atoms with Crippen molar-refractivity contribution in [3.8, 4) is 0 Å². The molecule has 1 saturated carbocycles. The number of hydrogen-bond acceptors (Lipinski definition) is 3. The lowest BCUT2D eigenvalue weighted by Gasteiger charge is -2.39. The maximum absolute atomic E-state index is 14.0. The smallest absolute Gasteiger partial charge is 0.129 e. The molecule has 1 aliphatic heterocycles. The zero-order valence-corrected chi connectivity index (χ0v) is 12.9.